The molecule has 2 amide bonds. The zero-order chi connectivity index (χ0) is 14.4. The van der Waals surface area contributed by atoms with Gasteiger partial charge < -0.3 is 15.3 Å². The number of aliphatic hydroxyl groups is 1. The minimum absolute atomic E-state index is 0.00886. The third-order valence-electron chi connectivity index (χ3n) is 2.66. The Balaban J connectivity index is 2.72. The van der Waals surface area contributed by atoms with Crippen LogP contribution in [-0.4, -0.2) is 45.7 Å². The van der Waals surface area contributed by atoms with E-state index in [1.807, 2.05) is 13.8 Å². The number of hydrogen-bond acceptors (Lipinski definition) is 3. The number of urea groups is 1. The molecule has 19 heavy (non-hydrogen) atoms. The molecule has 6 heteroatoms. The molecule has 0 aromatic heterocycles. The molecule has 0 fully saturated rings. The monoisotopic (exact) mass is 284 g/mol. The molecule has 5 nitrogen and oxygen atoms in total. The fourth-order valence-electron chi connectivity index (χ4n) is 1.63. The standard InChI is InChI=1S/C13H20N2O3S/c1-10(2)15(8-9-16)13(17)14-11-4-6-12(7-5-11)19(3)18/h4-7,10,16H,8-9H2,1-3H3,(H,14,17)/t19-/m0/s1. The summed E-state index contributed by atoms with van der Waals surface area (Å²) in [6.07, 6.45) is 1.61. The molecule has 0 bridgehead atoms. The first kappa shape index (κ1) is 15.7. The van der Waals surface area contributed by atoms with E-state index >= 15 is 0 Å². The normalized spacial score (nSPS) is 12.3. The molecule has 1 rings (SSSR count). The van der Waals surface area contributed by atoms with Crippen LogP contribution in [0.1, 0.15) is 13.8 Å². The Morgan fingerprint density at radius 3 is 2.37 bits per heavy atom. The number of nitrogens with one attached hydrogen (secondary N) is 1. The highest BCUT2D eigenvalue weighted by molar-refractivity contribution is 7.84. The molecule has 0 aliphatic heterocycles. The lowest BCUT2D eigenvalue weighted by atomic mass is 10.3. The van der Waals surface area contributed by atoms with E-state index in [1.54, 1.807) is 35.4 Å². The van der Waals surface area contributed by atoms with Crippen LogP contribution >= 0.6 is 0 Å². The number of anilines is 1. The molecule has 0 radical (unpaired) electrons. The molecule has 0 spiro atoms. The summed E-state index contributed by atoms with van der Waals surface area (Å²) in [7, 11) is -1.03. The summed E-state index contributed by atoms with van der Waals surface area (Å²) in [5.74, 6) is 0. The topological polar surface area (TPSA) is 69.6 Å². The maximum atomic E-state index is 12.0. The third-order valence-corrected chi connectivity index (χ3v) is 3.60. The van der Waals surface area contributed by atoms with E-state index in [2.05, 4.69) is 5.32 Å². The zero-order valence-corrected chi connectivity index (χ0v) is 12.2. The van der Waals surface area contributed by atoms with E-state index in [-0.39, 0.29) is 18.7 Å². The molecule has 1 atom stereocenters. The van der Waals surface area contributed by atoms with Crippen LogP contribution < -0.4 is 5.32 Å². The van der Waals surface area contributed by atoms with Crippen molar-refractivity contribution < 1.29 is 14.1 Å². The van der Waals surface area contributed by atoms with E-state index in [9.17, 15) is 9.00 Å². The van der Waals surface area contributed by atoms with Gasteiger partial charge in [0, 0.05) is 40.2 Å². The molecular formula is C13H20N2O3S. The predicted molar refractivity (Wildman–Crippen MR) is 76.7 cm³/mol. The van der Waals surface area contributed by atoms with Gasteiger partial charge in [0.15, 0.2) is 0 Å². The average molecular weight is 284 g/mol. The smallest absolute Gasteiger partial charge is 0.322 e. The fraction of sp³-hybridized carbons (Fsp3) is 0.462. The van der Waals surface area contributed by atoms with E-state index < -0.39 is 10.8 Å². The highest BCUT2D eigenvalue weighted by atomic mass is 32.2. The summed E-state index contributed by atoms with van der Waals surface area (Å²) in [5, 5.41) is 11.7. The summed E-state index contributed by atoms with van der Waals surface area (Å²) in [6.45, 7) is 4.00. The summed E-state index contributed by atoms with van der Waals surface area (Å²) in [5.41, 5.74) is 0.641. The molecule has 0 aliphatic carbocycles. The Morgan fingerprint density at radius 2 is 1.95 bits per heavy atom. The number of carbonyl (C=O) groups excluding carboxylic acids is 1. The molecule has 0 heterocycles. The van der Waals surface area contributed by atoms with E-state index in [1.165, 1.54) is 0 Å². The molecule has 106 valence electrons. The van der Waals surface area contributed by atoms with Crippen LogP contribution in [0.3, 0.4) is 0 Å². The quantitative estimate of drug-likeness (QED) is 0.864. The van der Waals surface area contributed by atoms with Gasteiger partial charge in [0.2, 0.25) is 0 Å². The van der Waals surface area contributed by atoms with Gasteiger partial charge in [-0.25, -0.2) is 4.79 Å². The minimum atomic E-state index is -1.03. The van der Waals surface area contributed by atoms with E-state index in [0.717, 1.165) is 0 Å². The van der Waals surface area contributed by atoms with Gasteiger partial charge in [-0.15, -0.1) is 0 Å². The average Bonchev–Trinajstić information content (AvgIpc) is 2.36. The second-order valence-electron chi connectivity index (χ2n) is 4.42. The van der Waals surface area contributed by atoms with Crippen molar-refractivity contribution >= 4 is 22.5 Å². The number of amides is 2. The molecular weight excluding hydrogens is 264 g/mol. The molecule has 0 aliphatic rings. The molecule has 0 unspecified atom stereocenters. The first-order chi connectivity index (χ1) is 8.95. The van der Waals surface area contributed by atoms with Gasteiger partial charge in [-0.1, -0.05) is 0 Å². The summed E-state index contributed by atoms with van der Waals surface area (Å²) >= 11 is 0. The number of aliphatic hydroxyl groups excluding tert-OH is 1. The SMILES string of the molecule is CC(C)N(CCO)C(=O)Nc1ccc([S@](C)=O)cc1. The van der Waals surface area contributed by atoms with Crippen LogP contribution in [0.15, 0.2) is 29.2 Å². The summed E-state index contributed by atoms with van der Waals surface area (Å²) in [4.78, 5) is 14.3. The van der Waals surface area contributed by atoms with Gasteiger partial charge in [-0.3, -0.25) is 4.21 Å². The van der Waals surface area contributed by atoms with Crippen LogP contribution in [0.4, 0.5) is 10.5 Å². The minimum Gasteiger partial charge on any atom is -0.395 e. The van der Waals surface area contributed by atoms with Gasteiger partial charge in [0.25, 0.3) is 0 Å². The number of nitrogens with zero attached hydrogens (tertiary/aromatic N) is 1. The van der Waals surface area contributed by atoms with Crippen LogP contribution in [0.2, 0.25) is 0 Å². The summed E-state index contributed by atoms with van der Waals surface area (Å²) in [6, 6.07) is 6.62. The Morgan fingerprint density at radius 1 is 1.37 bits per heavy atom. The van der Waals surface area contributed by atoms with Crippen molar-refractivity contribution in [2.24, 2.45) is 0 Å². The molecule has 0 saturated carbocycles. The van der Waals surface area contributed by atoms with Crippen molar-refractivity contribution in [2.45, 2.75) is 24.8 Å². The molecule has 2 N–H and O–H groups in total. The van der Waals surface area contributed by atoms with Crippen molar-refractivity contribution in [1.29, 1.82) is 0 Å². The van der Waals surface area contributed by atoms with Crippen LogP contribution in [0.25, 0.3) is 0 Å². The highest BCUT2D eigenvalue weighted by Gasteiger charge is 2.16. The number of rotatable bonds is 5. The Bertz CT molecular complexity index is 446. The summed E-state index contributed by atoms with van der Waals surface area (Å²) < 4.78 is 11.2. The Kier molecular flexibility index (Phi) is 5.98. The van der Waals surface area contributed by atoms with E-state index in [0.29, 0.717) is 17.1 Å². The second-order valence-corrected chi connectivity index (χ2v) is 5.80. The van der Waals surface area contributed by atoms with Crippen molar-refractivity contribution in [3.8, 4) is 0 Å². The highest BCUT2D eigenvalue weighted by Crippen LogP contribution is 2.13. The number of hydrogen-bond donors (Lipinski definition) is 2. The number of carbonyl (C=O) groups is 1. The van der Waals surface area contributed by atoms with Gasteiger partial charge in [0.1, 0.15) is 0 Å². The fourth-order valence-corrected chi connectivity index (χ4v) is 2.15. The third kappa shape index (κ3) is 4.65. The Labute approximate surface area is 116 Å². The second kappa shape index (κ2) is 7.25. The van der Waals surface area contributed by atoms with Gasteiger partial charge >= 0.3 is 6.03 Å². The van der Waals surface area contributed by atoms with Crippen molar-refractivity contribution in [1.82, 2.24) is 4.90 Å². The van der Waals surface area contributed by atoms with E-state index in [4.69, 9.17) is 5.11 Å². The maximum Gasteiger partial charge on any atom is 0.322 e. The lowest BCUT2D eigenvalue weighted by Gasteiger charge is -2.26. The first-order valence-electron chi connectivity index (χ1n) is 6.07. The zero-order valence-electron chi connectivity index (χ0n) is 11.4. The van der Waals surface area contributed by atoms with Gasteiger partial charge in [-0.05, 0) is 38.1 Å². The van der Waals surface area contributed by atoms with Crippen LogP contribution in [0.5, 0.6) is 0 Å². The van der Waals surface area contributed by atoms with Crippen LogP contribution in [-0.2, 0) is 10.8 Å². The van der Waals surface area contributed by atoms with Crippen molar-refractivity contribution in [3.05, 3.63) is 24.3 Å². The van der Waals surface area contributed by atoms with Gasteiger partial charge in [0.05, 0.1) is 6.61 Å². The molecule has 0 saturated heterocycles. The van der Waals surface area contributed by atoms with Crippen molar-refractivity contribution in [3.63, 3.8) is 0 Å². The molecule has 1 aromatic rings. The first-order valence-corrected chi connectivity index (χ1v) is 7.63. The lowest BCUT2D eigenvalue weighted by Crippen LogP contribution is -2.41. The largest absolute Gasteiger partial charge is 0.395 e. The predicted octanol–water partition coefficient (Wildman–Crippen LogP) is 1.66. The molecule has 1 aromatic carbocycles. The van der Waals surface area contributed by atoms with Gasteiger partial charge in [-0.2, -0.15) is 0 Å². The maximum absolute atomic E-state index is 12.0. The van der Waals surface area contributed by atoms with Crippen LogP contribution in [0, 0.1) is 0 Å². The Hall–Kier alpha value is -1.40. The van der Waals surface area contributed by atoms with Crippen molar-refractivity contribution in [2.75, 3.05) is 24.7 Å². The lowest BCUT2D eigenvalue weighted by molar-refractivity contribution is 0.172. The number of benzene rings is 1.